The van der Waals surface area contributed by atoms with E-state index in [0.717, 1.165) is 31.7 Å². The maximum absolute atomic E-state index is 12.7. The van der Waals surface area contributed by atoms with Crippen LogP contribution in [0.4, 0.5) is 18.0 Å². The molecular weight excluding hydrogens is 369 g/mol. The van der Waals surface area contributed by atoms with Gasteiger partial charge in [0, 0.05) is 18.4 Å². The van der Waals surface area contributed by atoms with Gasteiger partial charge in [0.15, 0.2) is 0 Å². The van der Waals surface area contributed by atoms with Gasteiger partial charge in [-0.05, 0) is 30.4 Å². The predicted octanol–water partition coefficient (Wildman–Crippen LogP) is 4.03. The summed E-state index contributed by atoms with van der Waals surface area (Å²) in [7, 11) is 0. The van der Waals surface area contributed by atoms with E-state index >= 15 is 0 Å². The molecule has 4 rings (SSSR count). The first-order chi connectivity index (χ1) is 13.4. The second kappa shape index (κ2) is 7.26. The monoisotopic (exact) mass is 388 g/mol. The highest BCUT2D eigenvalue weighted by molar-refractivity contribution is 5.78. The van der Waals surface area contributed by atoms with Gasteiger partial charge in [-0.3, -0.25) is 0 Å². The van der Waals surface area contributed by atoms with Gasteiger partial charge in [0.2, 0.25) is 0 Å². The average Bonchev–Trinajstić information content (AvgIpc) is 2.96. The van der Waals surface area contributed by atoms with Crippen molar-refractivity contribution in [1.82, 2.24) is 20.2 Å². The number of halogens is 3. The topological polar surface area (TPSA) is 58.1 Å². The number of fused-ring (bicyclic) bond motifs is 2. The normalized spacial score (nSPS) is 21.4. The predicted molar refractivity (Wildman–Crippen MR) is 97.0 cm³/mol. The highest BCUT2D eigenvalue weighted by atomic mass is 19.4. The van der Waals surface area contributed by atoms with Gasteiger partial charge in [0.05, 0.1) is 18.2 Å². The van der Waals surface area contributed by atoms with E-state index in [1.165, 1.54) is 11.1 Å². The first kappa shape index (κ1) is 18.5. The van der Waals surface area contributed by atoms with Gasteiger partial charge in [0.1, 0.15) is 5.82 Å². The Morgan fingerprint density at radius 3 is 2.50 bits per heavy atom. The first-order valence-corrected chi connectivity index (χ1v) is 9.12. The number of amides is 2. The molecule has 0 radical (unpaired) electrons. The van der Waals surface area contributed by atoms with Gasteiger partial charge >= 0.3 is 12.2 Å². The molecule has 28 heavy (non-hydrogen) atoms. The van der Waals surface area contributed by atoms with Gasteiger partial charge < -0.3 is 10.2 Å². The molecule has 3 heterocycles. The fraction of sp³-hybridized carbons (Fsp3) is 0.350. The number of benzene rings is 1. The zero-order chi connectivity index (χ0) is 19.7. The maximum atomic E-state index is 12.7. The van der Waals surface area contributed by atoms with E-state index in [4.69, 9.17) is 0 Å². The SMILES string of the molecule is O=C(NCc1ncc(C(F)(F)F)cn1)N1C2C=C(c3ccccc3)CC1CC2. The summed E-state index contributed by atoms with van der Waals surface area (Å²) in [5.41, 5.74) is 1.52. The van der Waals surface area contributed by atoms with Crippen molar-refractivity contribution in [2.45, 2.75) is 44.1 Å². The molecule has 0 spiro atoms. The minimum absolute atomic E-state index is 0.0117. The Labute approximate surface area is 160 Å². The van der Waals surface area contributed by atoms with E-state index in [2.05, 4.69) is 33.5 Å². The third-order valence-corrected chi connectivity index (χ3v) is 5.20. The number of hydrogen-bond donors (Lipinski definition) is 1. The number of urea groups is 1. The van der Waals surface area contributed by atoms with Crippen LogP contribution in [-0.4, -0.2) is 33.0 Å². The molecule has 2 atom stereocenters. The van der Waals surface area contributed by atoms with Gasteiger partial charge in [-0.25, -0.2) is 14.8 Å². The maximum Gasteiger partial charge on any atom is 0.419 e. The molecule has 1 saturated heterocycles. The molecule has 2 aliphatic rings. The van der Waals surface area contributed by atoms with Crippen LogP contribution in [0.3, 0.4) is 0 Å². The Morgan fingerprint density at radius 2 is 1.86 bits per heavy atom. The molecule has 8 heteroatoms. The number of nitrogens with one attached hydrogen (secondary N) is 1. The second-order valence-corrected chi connectivity index (χ2v) is 7.01. The van der Waals surface area contributed by atoms with Crippen LogP contribution in [0.1, 0.15) is 36.2 Å². The van der Waals surface area contributed by atoms with Crippen LogP contribution < -0.4 is 5.32 Å². The number of rotatable bonds is 3. The first-order valence-electron chi connectivity index (χ1n) is 9.12. The minimum atomic E-state index is -4.47. The van der Waals surface area contributed by atoms with Crippen LogP contribution in [0.2, 0.25) is 0 Å². The van der Waals surface area contributed by atoms with Gasteiger partial charge in [0.25, 0.3) is 0 Å². The zero-order valence-electron chi connectivity index (χ0n) is 15.0. The van der Waals surface area contributed by atoms with E-state index in [9.17, 15) is 18.0 Å². The number of carbonyl (C=O) groups excluding carboxylic acids is 1. The van der Waals surface area contributed by atoms with Crippen LogP contribution in [-0.2, 0) is 12.7 Å². The lowest BCUT2D eigenvalue weighted by molar-refractivity contribution is -0.138. The number of carbonyl (C=O) groups is 1. The summed E-state index contributed by atoms with van der Waals surface area (Å²) in [4.78, 5) is 21.9. The molecule has 1 fully saturated rings. The second-order valence-electron chi connectivity index (χ2n) is 7.01. The Balaban J connectivity index is 1.40. The van der Waals surface area contributed by atoms with Crippen LogP contribution >= 0.6 is 0 Å². The van der Waals surface area contributed by atoms with Crippen molar-refractivity contribution < 1.29 is 18.0 Å². The van der Waals surface area contributed by atoms with E-state index in [0.29, 0.717) is 0 Å². The van der Waals surface area contributed by atoms with Gasteiger partial charge in [-0.15, -0.1) is 0 Å². The number of alkyl halides is 3. The molecule has 2 unspecified atom stereocenters. The molecule has 2 aliphatic heterocycles. The zero-order valence-corrected chi connectivity index (χ0v) is 15.0. The molecule has 0 saturated carbocycles. The molecule has 146 valence electrons. The van der Waals surface area contributed by atoms with Crippen molar-refractivity contribution in [2.24, 2.45) is 0 Å². The molecule has 2 bridgehead atoms. The van der Waals surface area contributed by atoms with Gasteiger partial charge in [-0.1, -0.05) is 36.4 Å². The molecule has 0 aliphatic carbocycles. The van der Waals surface area contributed by atoms with Crippen molar-refractivity contribution in [3.63, 3.8) is 0 Å². The van der Waals surface area contributed by atoms with E-state index in [1.807, 2.05) is 23.1 Å². The molecule has 1 aromatic heterocycles. The molecule has 1 N–H and O–H groups in total. The van der Waals surface area contributed by atoms with E-state index in [1.54, 1.807) is 0 Å². The van der Waals surface area contributed by atoms with Crippen LogP contribution in [0.25, 0.3) is 5.57 Å². The highest BCUT2D eigenvalue weighted by Crippen LogP contribution is 2.38. The number of hydrogen-bond acceptors (Lipinski definition) is 3. The summed E-state index contributed by atoms with van der Waals surface area (Å²) in [6.07, 6.45) is 1.77. The van der Waals surface area contributed by atoms with Crippen molar-refractivity contribution in [2.75, 3.05) is 0 Å². The third kappa shape index (κ3) is 3.72. The summed E-state index contributed by atoms with van der Waals surface area (Å²) in [5.74, 6) is 0.145. The number of aromatic nitrogens is 2. The molecule has 5 nitrogen and oxygen atoms in total. The standard InChI is InChI=1S/C20H19F3N4O/c21-20(22,23)15-10-24-18(25-11-15)12-26-19(28)27-16-6-7-17(27)9-14(8-16)13-4-2-1-3-5-13/h1-5,8,10-11,16-17H,6-7,9,12H2,(H,26,28). The van der Waals surface area contributed by atoms with Crippen LogP contribution in [0, 0.1) is 0 Å². The lowest BCUT2D eigenvalue weighted by Gasteiger charge is -2.34. The van der Waals surface area contributed by atoms with Crippen molar-refractivity contribution in [3.8, 4) is 0 Å². The van der Waals surface area contributed by atoms with Crippen molar-refractivity contribution in [1.29, 1.82) is 0 Å². The third-order valence-electron chi connectivity index (χ3n) is 5.20. The molecular formula is C20H19F3N4O. The van der Waals surface area contributed by atoms with Crippen LogP contribution in [0.5, 0.6) is 0 Å². The molecule has 2 aromatic rings. The summed E-state index contributed by atoms with van der Waals surface area (Å²) < 4.78 is 37.7. The minimum Gasteiger partial charge on any atom is -0.331 e. The average molecular weight is 388 g/mol. The fourth-order valence-electron chi connectivity index (χ4n) is 3.85. The van der Waals surface area contributed by atoms with Crippen molar-refractivity contribution in [3.05, 3.63) is 65.8 Å². The summed E-state index contributed by atoms with van der Waals surface area (Å²) in [5, 5.41) is 2.73. The van der Waals surface area contributed by atoms with Crippen LogP contribution in [0.15, 0.2) is 48.8 Å². The van der Waals surface area contributed by atoms with E-state index in [-0.39, 0.29) is 30.5 Å². The Bertz CT molecular complexity index is 881. The van der Waals surface area contributed by atoms with E-state index < -0.39 is 11.7 Å². The largest absolute Gasteiger partial charge is 0.419 e. The Morgan fingerprint density at radius 1 is 1.14 bits per heavy atom. The lowest BCUT2D eigenvalue weighted by Crippen LogP contribution is -2.48. The summed E-state index contributed by atoms with van der Waals surface area (Å²) in [6.45, 7) is -0.0117. The fourth-order valence-corrected chi connectivity index (χ4v) is 3.85. The quantitative estimate of drug-likeness (QED) is 0.864. The molecule has 1 aromatic carbocycles. The highest BCUT2D eigenvalue weighted by Gasteiger charge is 2.39. The number of nitrogens with zero attached hydrogens (tertiary/aromatic N) is 3. The molecule has 2 amide bonds. The summed E-state index contributed by atoms with van der Waals surface area (Å²) >= 11 is 0. The smallest absolute Gasteiger partial charge is 0.331 e. The van der Waals surface area contributed by atoms with Gasteiger partial charge in [-0.2, -0.15) is 13.2 Å². The van der Waals surface area contributed by atoms with Crippen molar-refractivity contribution >= 4 is 11.6 Å². The summed E-state index contributed by atoms with van der Waals surface area (Å²) in [6, 6.07) is 10.0. The Kier molecular flexibility index (Phi) is 4.78. The Hall–Kier alpha value is -2.90. The lowest BCUT2D eigenvalue weighted by atomic mass is 9.95.